The van der Waals surface area contributed by atoms with Gasteiger partial charge in [-0.2, -0.15) is 0 Å². The molecule has 0 atom stereocenters. The molecular formula is C12H17N3O2. The minimum Gasteiger partial charge on any atom is -0.457 e. The molecule has 92 valence electrons. The predicted molar refractivity (Wildman–Crippen MR) is 62.7 cm³/mol. The minimum atomic E-state index is -0.424. The van der Waals surface area contributed by atoms with Gasteiger partial charge in [0.2, 0.25) is 0 Å². The highest BCUT2D eigenvalue weighted by molar-refractivity contribution is 5.88. The largest absolute Gasteiger partial charge is 0.457 e. The van der Waals surface area contributed by atoms with E-state index in [0.29, 0.717) is 11.7 Å². The molecule has 5 nitrogen and oxygen atoms in total. The number of carbonyl (C=O) groups excluding carboxylic acids is 1. The molecule has 17 heavy (non-hydrogen) atoms. The SMILES string of the molecule is C=CCOC(=O)c1nnn(C2CCCC2)c1C. The van der Waals surface area contributed by atoms with E-state index in [4.69, 9.17) is 4.74 Å². The van der Waals surface area contributed by atoms with Gasteiger partial charge in [0, 0.05) is 0 Å². The Morgan fingerprint density at radius 1 is 1.59 bits per heavy atom. The normalized spacial score (nSPS) is 16.1. The molecule has 1 aromatic heterocycles. The van der Waals surface area contributed by atoms with Crippen molar-refractivity contribution >= 4 is 5.97 Å². The van der Waals surface area contributed by atoms with Crippen LogP contribution in [0.4, 0.5) is 0 Å². The van der Waals surface area contributed by atoms with Gasteiger partial charge in [-0.15, -0.1) is 5.10 Å². The first-order valence-electron chi connectivity index (χ1n) is 5.94. The molecule has 0 aromatic carbocycles. The zero-order chi connectivity index (χ0) is 12.3. The lowest BCUT2D eigenvalue weighted by Gasteiger charge is -2.10. The lowest BCUT2D eigenvalue weighted by atomic mass is 10.2. The van der Waals surface area contributed by atoms with Crippen molar-refractivity contribution < 1.29 is 9.53 Å². The third-order valence-corrected chi connectivity index (χ3v) is 3.12. The summed E-state index contributed by atoms with van der Waals surface area (Å²) in [6, 6.07) is 0.392. The van der Waals surface area contributed by atoms with E-state index in [1.807, 2.05) is 11.6 Å². The molecule has 0 unspecified atom stereocenters. The average molecular weight is 235 g/mol. The standard InChI is InChI=1S/C12H17N3O2/c1-3-8-17-12(16)11-9(2)15(14-13-11)10-6-4-5-7-10/h3,10H,1,4-8H2,2H3. The van der Waals surface area contributed by atoms with Crippen LogP contribution >= 0.6 is 0 Å². The van der Waals surface area contributed by atoms with Gasteiger partial charge in [-0.3, -0.25) is 0 Å². The van der Waals surface area contributed by atoms with Crippen molar-refractivity contribution in [1.29, 1.82) is 0 Å². The van der Waals surface area contributed by atoms with Crippen LogP contribution in [-0.4, -0.2) is 27.6 Å². The number of hydrogen-bond acceptors (Lipinski definition) is 4. The van der Waals surface area contributed by atoms with Gasteiger partial charge < -0.3 is 4.74 Å². The van der Waals surface area contributed by atoms with Gasteiger partial charge in [0.1, 0.15) is 6.61 Å². The number of ether oxygens (including phenoxy) is 1. The Labute approximate surface area is 100 Å². The summed E-state index contributed by atoms with van der Waals surface area (Å²) in [6.07, 6.45) is 6.21. The molecule has 5 heteroatoms. The summed E-state index contributed by atoms with van der Waals surface area (Å²) in [6.45, 7) is 5.57. The van der Waals surface area contributed by atoms with Gasteiger partial charge in [0.25, 0.3) is 0 Å². The van der Waals surface area contributed by atoms with E-state index in [9.17, 15) is 4.79 Å². The van der Waals surface area contributed by atoms with Crippen molar-refractivity contribution in [1.82, 2.24) is 15.0 Å². The molecule has 1 aliphatic carbocycles. The number of rotatable bonds is 4. The summed E-state index contributed by atoms with van der Waals surface area (Å²) >= 11 is 0. The molecule has 0 bridgehead atoms. The van der Waals surface area contributed by atoms with Crippen molar-refractivity contribution in [2.75, 3.05) is 6.61 Å². The minimum absolute atomic E-state index is 0.203. The molecule has 1 aliphatic rings. The van der Waals surface area contributed by atoms with Crippen LogP contribution in [0.1, 0.15) is 47.9 Å². The van der Waals surface area contributed by atoms with E-state index >= 15 is 0 Å². The quantitative estimate of drug-likeness (QED) is 0.592. The third-order valence-electron chi connectivity index (χ3n) is 3.12. The zero-order valence-electron chi connectivity index (χ0n) is 10.1. The fourth-order valence-corrected chi connectivity index (χ4v) is 2.23. The fourth-order valence-electron chi connectivity index (χ4n) is 2.23. The van der Waals surface area contributed by atoms with Gasteiger partial charge in [0.05, 0.1) is 11.7 Å². The van der Waals surface area contributed by atoms with Crippen LogP contribution in [0, 0.1) is 6.92 Å². The second-order valence-electron chi connectivity index (χ2n) is 4.29. The second-order valence-corrected chi connectivity index (χ2v) is 4.29. The van der Waals surface area contributed by atoms with Crippen LogP contribution < -0.4 is 0 Å². The van der Waals surface area contributed by atoms with Gasteiger partial charge in [-0.25, -0.2) is 9.48 Å². The number of nitrogens with zero attached hydrogens (tertiary/aromatic N) is 3. The molecule has 0 radical (unpaired) electrons. The maximum atomic E-state index is 11.7. The molecule has 1 aromatic rings. The van der Waals surface area contributed by atoms with Crippen molar-refractivity contribution in [2.45, 2.75) is 38.6 Å². The van der Waals surface area contributed by atoms with Gasteiger partial charge in [-0.05, 0) is 19.8 Å². The molecule has 1 fully saturated rings. The first-order valence-corrected chi connectivity index (χ1v) is 5.94. The van der Waals surface area contributed by atoms with E-state index < -0.39 is 5.97 Å². The molecule has 0 aliphatic heterocycles. The molecule has 0 amide bonds. The summed E-state index contributed by atoms with van der Waals surface area (Å²) in [5.41, 5.74) is 1.12. The summed E-state index contributed by atoms with van der Waals surface area (Å²) in [4.78, 5) is 11.7. The summed E-state index contributed by atoms with van der Waals surface area (Å²) in [5.74, 6) is -0.424. The van der Waals surface area contributed by atoms with E-state index in [0.717, 1.165) is 18.5 Å². The number of hydrogen-bond donors (Lipinski definition) is 0. The Balaban J connectivity index is 2.14. The lowest BCUT2D eigenvalue weighted by Crippen LogP contribution is -2.11. The van der Waals surface area contributed by atoms with E-state index in [1.165, 1.54) is 18.9 Å². The third kappa shape index (κ3) is 2.38. The van der Waals surface area contributed by atoms with Gasteiger partial charge in [0.15, 0.2) is 5.69 Å². The number of esters is 1. The lowest BCUT2D eigenvalue weighted by molar-refractivity contribution is 0.0542. The molecule has 0 N–H and O–H groups in total. The highest BCUT2D eigenvalue weighted by atomic mass is 16.5. The average Bonchev–Trinajstić information content (AvgIpc) is 2.94. The highest BCUT2D eigenvalue weighted by Gasteiger charge is 2.24. The van der Waals surface area contributed by atoms with Crippen LogP contribution in [0.3, 0.4) is 0 Å². The molecule has 0 saturated heterocycles. The molecule has 0 spiro atoms. The van der Waals surface area contributed by atoms with Crippen LogP contribution in [0.2, 0.25) is 0 Å². The van der Waals surface area contributed by atoms with Crippen molar-refractivity contribution in [2.24, 2.45) is 0 Å². The Morgan fingerprint density at radius 3 is 2.94 bits per heavy atom. The maximum absolute atomic E-state index is 11.7. The first kappa shape index (κ1) is 11.8. The Bertz CT molecular complexity index is 419. The van der Waals surface area contributed by atoms with Gasteiger partial charge in [-0.1, -0.05) is 30.7 Å². The van der Waals surface area contributed by atoms with Crippen LogP contribution in [-0.2, 0) is 4.74 Å². The molecule has 2 rings (SSSR count). The smallest absolute Gasteiger partial charge is 0.361 e. The number of aromatic nitrogens is 3. The van der Waals surface area contributed by atoms with E-state index in [2.05, 4.69) is 16.9 Å². The van der Waals surface area contributed by atoms with Crippen LogP contribution in [0.15, 0.2) is 12.7 Å². The maximum Gasteiger partial charge on any atom is 0.361 e. The fraction of sp³-hybridized carbons (Fsp3) is 0.583. The highest BCUT2D eigenvalue weighted by Crippen LogP contribution is 2.29. The van der Waals surface area contributed by atoms with Crippen molar-refractivity contribution in [3.63, 3.8) is 0 Å². The second kappa shape index (κ2) is 5.12. The Morgan fingerprint density at radius 2 is 2.29 bits per heavy atom. The Kier molecular flexibility index (Phi) is 3.56. The first-order chi connectivity index (χ1) is 8.24. The van der Waals surface area contributed by atoms with E-state index in [1.54, 1.807) is 0 Å². The zero-order valence-corrected chi connectivity index (χ0v) is 10.1. The van der Waals surface area contributed by atoms with Gasteiger partial charge >= 0.3 is 5.97 Å². The molecular weight excluding hydrogens is 218 g/mol. The van der Waals surface area contributed by atoms with Crippen molar-refractivity contribution in [3.8, 4) is 0 Å². The topological polar surface area (TPSA) is 57.0 Å². The monoisotopic (exact) mass is 235 g/mol. The van der Waals surface area contributed by atoms with E-state index in [-0.39, 0.29) is 6.61 Å². The van der Waals surface area contributed by atoms with Crippen LogP contribution in [0.5, 0.6) is 0 Å². The Hall–Kier alpha value is -1.65. The van der Waals surface area contributed by atoms with Crippen LogP contribution in [0.25, 0.3) is 0 Å². The molecule has 1 saturated carbocycles. The van der Waals surface area contributed by atoms with Crippen molar-refractivity contribution in [3.05, 3.63) is 24.0 Å². The number of carbonyl (C=O) groups is 1. The summed E-state index contributed by atoms with van der Waals surface area (Å²) < 4.78 is 6.82. The summed E-state index contributed by atoms with van der Waals surface area (Å²) in [7, 11) is 0. The summed E-state index contributed by atoms with van der Waals surface area (Å²) in [5, 5.41) is 7.98. The molecule has 1 heterocycles. The predicted octanol–water partition coefficient (Wildman–Crippen LogP) is 2.04.